The zero-order chi connectivity index (χ0) is 13.1. The second kappa shape index (κ2) is 5.64. The van der Waals surface area contributed by atoms with Gasteiger partial charge in [-0.25, -0.2) is 0 Å². The lowest BCUT2D eigenvalue weighted by atomic mass is 9.77. The van der Waals surface area contributed by atoms with E-state index >= 15 is 0 Å². The molecule has 2 nitrogen and oxygen atoms in total. The monoisotopic (exact) mass is 258 g/mol. The average molecular weight is 258 g/mol. The van der Waals surface area contributed by atoms with Gasteiger partial charge in [-0.1, -0.05) is 43.5 Å². The molecule has 0 amide bonds. The first kappa shape index (κ1) is 13.1. The van der Waals surface area contributed by atoms with E-state index in [1.807, 2.05) is 0 Å². The maximum absolute atomic E-state index is 6.64. The number of nitrogens with two attached hydrogens (primary N) is 1. The summed E-state index contributed by atoms with van der Waals surface area (Å²) in [6.07, 6.45) is 8.95. The Kier molecular flexibility index (Phi) is 3.90. The molecule has 1 saturated carbocycles. The summed E-state index contributed by atoms with van der Waals surface area (Å²) >= 11 is 0. The summed E-state index contributed by atoms with van der Waals surface area (Å²) in [6.45, 7) is 3.62. The van der Waals surface area contributed by atoms with E-state index in [1.54, 1.807) is 0 Å². The highest BCUT2D eigenvalue weighted by atomic mass is 15.1. The molecule has 19 heavy (non-hydrogen) atoms. The SMILES string of the molecule is NC1(c2cccc(CN3CCCC3)c2)CCCCC1. The maximum Gasteiger partial charge on any atom is 0.0409 e. The fraction of sp³-hybridized carbons (Fsp3) is 0.647. The van der Waals surface area contributed by atoms with Crippen LogP contribution in [-0.2, 0) is 12.1 Å². The highest BCUT2D eigenvalue weighted by Gasteiger charge is 2.29. The quantitative estimate of drug-likeness (QED) is 0.900. The molecule has 1 aliphatic carbocycles. The molecule has 2 N–H and O–H groups in total. The van der Waals surface area contributed by atoms with Gasteiger partial charge in [-0.3, -0.25) is 4.90 Å². The van der Waals surface area contributed by atoms with Gasteiger partial charge in [0.1, 0.15) is 0 Å². The molecule has 0 radical (unpaired) electrons. The third kappa shape index (κ3) is 3.01. The summed E-state index contributed by atoms with van der Waals surface area (Å²) in [7, 11) is 0. The molecule has 0 unspecified atom stereocenters. The highest BCUT2D eigenvalue weighted by molar-refractivity contribution is 5.30. The van der Waals surface area contributed by atoms with Gasteiger partial charge < -0.3 is 5.73 Å². The molecule has 3 rings (SSSR count). The molecule has 1 aromatic carbocycles. The van der Waals surface area contributed by atoms with Gasteiger partial charge >= 0.3 is 0 Å². The molecule has 0 bridgehead atoms. The zero-order valence-electron chi connectivity index (χ0n) is 11.9. The summed E-state index contributed by atoms with van der Waals surface area (Å²) in [5, 5.41) is 0. The average Bonchev–Trinajstić information content (AvgIpc) is 2.93. The molecule has 1 aromatic rings. The van der Waals surface area contributed by atoms with E-state index in [0.717, 1.165) is 19.4 Å². The molecule has 0 spiro atoms. The van der Waals surface area contributed by atoms with Crippen molar-refractivity contribution in [2.75, 3.05) is 13.1 Å². The van der Waals surface area contributed by atoms with Gasteiger partial charge in [-0.15, -0.1) is 0 Å². The van der Waals surface area contributed by atoms with Gasteiger partial charge in [-0.05, 0) is 49.9 Å². The van der Waals surface area contributed by atoms with Gasteiger partial charge in [0.25, 0.3) is 0 Å². The zero-order valence-corrected chi connectivity index (χ0v) is 11.9. The Bertz CT molecular complexity index is 415. The lowest BCUT2D eigenvalue weighted by molar-refractivity contribution is 0.300. The normalized spacial score (nSPS) is 23.6. The molecular formula is C17H26N2. The minimum Gasteiger partial charge on any atom is -0.321 e. The second-order valence-electron chi connectivity index (χ2n) is 6.40. The van der Waals surface area contributed by atoms with Crippen LogP contribution in [0.2, 0.25) is 0 Å². The first-order chi connectivity index (χ1) is 9.26. The summed E-state index contributed by atoms with van der Waals surface area (Å²) in [4.78, 5) is 2.56. The van der Waals surface area contributed by atoms with Crippen molar-refractivity contribution in [2.24, 2.45) is 5.73 Å². The van der Waals surface area contributed by atoms with Crippen LogP contribution in [0.25, 0.3) is 0 Å². The largest absolute Gasteiger partial charge is 0.321 e. The first-order valence-electron chi connectivity index (χ1n) is 7.87. The molecular weight excluding hydrogens is 232 g/mol. The summed E-state index contributed by atoms with van der Waals surface area (Å²) in [5.74, 6) is 0. The number of hydrogen-bond acceptors (Lipinski definition) is 2. The molecule has 2 fully saturated rings. The Hall–Kier alpha value is -0.860. The van der Waals surface area contributed by atoms with Crippen LogP contribution in [-0.4, -0.2) is 18.0 Å². The van der Waals surface area contributed by atoms with Crippen molar-refractivity contribution >= 4 is 0 Å². The Balaban J connectivity index is 1.74. The van der Waals surface area contributed by atoms with Crippen molar-refractivity contribution in [3.8, 4) is 0 Å². The van der Waals surface area contributed by atoms with Gasteiger partial charge in [0.15, 0.2) is 0 Å². The fourth-order valence-electron chi connectivity index (χ4n) is 3.65. The Morgan fingerprint density at radius 3 is 2.47 bits per heavy atom. The molecule has 0 atom stereocenters. The maximum atomic E-state index is 6.64. The topological polar surface area (TPSA) is 29.3 Å². The molecule has 1 aliphatic heterocycles. The number of nitrogens with zero attached hydrogens (tertiary/aromatic N) is 1. The van der Waals surface area contributed by atoms with Crippen molar-refractivity contribution in [1.29, 1.82) is 0 Å². The van der Waals surface area contributed by atoms with Crippen molar-refractivity contribution in [3.63, 3.8) is 0 Å². The lowest BCUT2D eigenvalue weighted by Crippen LogP contribution is -2.38. The van der Waals surface area contributed by atoms with Gasteiger partial charge in [0, 0.05) is 12.1 Å². The van der Waals surface area contributed by atoms with Gasteiger partial charge in [0.05, 0.1) is 0 Å². The summed E-state index contributed by atoms with van der Waals surface area (Å²) in [5.41, 5.74) is 9.39. The minimum absolute atomic E-state index is 0.0563. The molecule has 0 aromatic heterocycles. The summed E-state index contributed by atoms with van der Waals surface area (Å²) in [6, 6.07) is 9.06. The molecule has 104 valence electrons. The van der Waals surface area contributed by atoms with Gasteiger partial charge in [0.2, 0.25) is 0 Å². The molecule has 1 saturated heterocycles. The van der Waals surface area contributed by atoms with Crippen LogP contribution >= 0.6 is 0 Å². The van der Waals surface area contributed by atoms with Crippen LogP contribution in [0, 0.1) is 0 Å². The van der Waals surface area contributed by atoms with E-state index in [1.165, 1.54) is 56.3 Å². The van der Waals surface area contributed by atoms with Crippen LogP contribution in [0.4, 0.5) is 0 Å². The Morgan fingerprint density at radius 2 is 1.74 bits per heavy atom. The smallest absolute Gasteiger partial charge is 0.0409 e. The third-order valence-electron chi connectivity index (χ3n) is 4.85. The highest BCUT2D eigenvalue weighted by Crippen LogP contribution is 2.35. The van der Waals surface area contributed by atoms with E-state index < -0.39 is 0 Å². The lowest BCUT2D eigenvalue weighted by Gasteiger charge is -2.34. The number of likely N-dealkylation sites (tertiary alicyclic amines) is 1. The van der Waals surface area contributed by atoms with Crippen molar-refractivity contribution in [3.05, 3.63) is 35.4 Å². The second-order valence-corrected chi connectivity index (χ2v) is 6.40. The minimum atomic E-state index is -0.0563. The van der Waals surface area contributed by atoms with Crippen LogP contribution in [0.5, 0.6) is 0 Å². The van der Waals surface area contributed by atoms with Crippen molar-refractivity contribution in [1.82, 2.24) is 4.90 Å². The summed E-state index contributed by atoms with van der Waals surface area (Å²) < 4.78 is 0. The van der Waals surface area contributed by atoms with Crippen LogP contribution in [0.15, 0.2) is 24.3 Å². The number of benzene rings is 1. The van der Waals surface area contributed by atoms with E-state index in [0.29, 0.717) is 0 Å². The van der Waals surface area contributed by atoms with Crippen LogP contribution < -0.4 is 5.73 Å². The fourth-order valence-corrected chi connectivity index (χ4v) is 3.65. The van der Waals surface area contributed by atoms with Crippen LogP contribution in [0.1, 0.15) is 56.1 Å². The standard InChI is InChI=1S/C17H26N2/c18-17(9-2-1-3-10-17)16-8-6-7-15(13-16)14-19-11-4-5-12-19/h6-8,13H,1-5,9-12,14,18H2. The van der Waals surface area contributed by atoms with Crippen molar-refractivity contribution in [2.45, 2.75) is 57.0 Å². The third-order valence-corrected chi connectivity index (χ3v) is 4.85. The molecule has 2 heteroatoms. The van der Waals surface area contributed by atoms with Crippen LogP contribution in [0.3, 0.4) is 0 Å². The predicted molar refractivity (Wildman–Crippen MR) is 79.9 cm³/mol. The molecule has 2 aliphatic rings. The van der Waals surface area contributed by atoms with Crippen molar-refractivity contribution < 1.29 is 0 Å². The number of hydrogen-bond donors (Lipinski definition) is 1. The van der Waals surface area contributed by atoms with E-state index in [2.05, 4.69) is 29.2 Å². The Labute approximate surface area is 117 Å². The van der Waals surface area contributed by atoms with E-state index in [9.17, 15) is 0 Å². The van der Waals surface area contributed by atoms with E-state index in [4.69, 9.17) is 5.73 Å². The predicted octanol–water partition coefficient (Wildman–Crippen LogP) is 3.40. The first-order valence-corrected chi connectivity index (χ1v) is 7.87. The number of rotatable bonds is 3. The Morgan fingerprint density at radius 1 is 1.00 bits per heavy atom. The van der Waals surface area contributed by atoms with E-state index in [-0.39, 0.29) is 5.54 Å². The molecule has 1 heterocycles. The van der Waals surface area contributed by atoms with Gasteiger partial charge in [-0.2, -0.15) is 0 Å².